The molecule has 1 aliphatic carbocycles. The van der Waals surface area contributed by atoms with E-state index in [9.17, 15) is 4.79 Å². The number of carboxylic acids is 1. The van der Waals surface area contributed by atoms with E-state index in [-0.39, 0.29) is 24.2 Å². The molecular weight excluding hydrogens is 238 g/mol. The molecule has 3 N–H and O–H groups in total. The molecule has 1 atom stereocenters. The van der Waals surface area contributed by atoms with Gasteiger partial charge in [-0.05, 0) is 30.4 Å². The summed E-state index contributed by atoms with van der Waals surface area (Å²) in [5.41, 5.74) is 7.90. The van der Waals surface area contributed by atoms with Crippen molar-refractivity contribution in [1.82, 2.24) is 0 Å². The van der Waals surface area contributed by atoms with Gasteiger partial charge in [-0.3, -0.25) is 4.79 Å². The lowest BCUT2D eigenvalue weighted by atomic mass is 9.68. The van der Waals surface area contributed by atoms with Gasteiger partial charge < -0.3 is 10.8 Å². The van der Waals surface area contributed by atoms with Crippen LogP contribution >= 0.6 is 12.4 Å². The number of aliphatic carboxylic acids is 1. The van der Waals surface area contributed by atoms with Crippen LogP contribution in [0, 0.1) is 0 Å². The molecule has 1 aromatic carbocycles. The van der Waals surface area contributed by atoms with E-state index < -0.39 is 5.97 Å². The van der Waals surface area contributed by atoms with Gasteiger partial charge in [-0.2, -0.15) is 0 Å². The van der Waals surface area contributed by atoms with Crippen LogP contribution in [0.2, 0.25) is 0 Å². The van der Waals surface area contributed by atoms with E-state index in [0.29, 0.717) is 6.54 Å². The zero-order valence-corrected chi connectivity index (χ0v) is 10.5. The maximum atomic E-state index is 11.0. The zero-order chi connectivity index (χ0) is 11.6. The first-order valence-electron chi connectivity index (χ1n) is 5.68. The fourth-order valence-electron chi connectivity index (χ4n) is 2.76. The van der Waals surface area contributed by atoms with Crippen molar-refractivity contribution in [3.63, 3.8) is 0 Å². The predicted molar refractivity (Wildman–Crippen MR) is 69.6 cm³/mol. The molecule has 0 radical (unpaired) electrons. The fraction of sp³-hybridized carbons (Fsp3) is 0.462. The van der Waals surface area contributed by atoms with Gasteiger partial charge in [-0.1, -0.05) is 24.3 Å². The number of carboxylic acid groups (broad SMARTS) is 1. The van der Waals surface area contributed by atoms with Crippen LogP contribution in [0.15, 0.2) is 24.3 Å². The number of benzene rings is 1. The van der Waals surface area contributed by atoms with Gasteiger partial charge in [0, 0.05) is 12.0 Å². The highest BCUT2D eigenvalue weighted by Crippen LogP contribution is 2.39. The van der Waals surface area contributed by atoms with Gasteiger partial charge in [0.2, 0.25) is 0 Å². The third-order valence-electron chi connectivity index (χ3n) is 3.57. The Labute approximate surface area is 107 Å². The second-order valence-electron chi connectivity index (χ2n) is 4.57. The predicted octanol–water partition coefficient (Wildman–Crippen LogP) is 2.12. The zero-order valence-electron chi connectivity index (χ0n) is 9.69. The fourth-order valence-corrected chi connectivity index (χ4v) is 2.76. The van der Waals surface area contributed by atoms with Crippen LogP contribution in [0.4, 0.5) is 0 Å². The third-order valence-corrected chi connectivity index (χ3v) is 3.57. The van der Waals surface area contributed by atoms with Crippen LogP contribution in [0.3, 0.4) is 0 Å². The van der Waals surface area contributed by atoms with Crippen LogP contribution in [0.5, 0.6) is 0 Å². The quantitative estimate of drug-likeness (QED) is 0.870. The summed E-state index contributed by atoms with van der Waals surface area (Å²) in [6.07, 6.45) is 3.09. The molecule has 0 spiro atoms. The molecule has 1 aromatic rings. The van der Waals surface area contributed by atoms with Gasteiger partial charge in [0.05, 0.1) is 6.42 Å². The van der Waals surface area contributed by atoms with Gasteiger partial charge >= 0.3 is 5.97 Å². The van der Waals surface area contributed by atoms with Crippen LogP contribution in [0.1, 0.15) is 30.4 Å². The number of fused-ring (bicyclic) bond motifs is 1. The number of aryl methyl sites for hydroxylation is 1. The average molecular weight is 256 g/mol. The van der Waals surface area contributed by atoms with Crippen molar-refractivity contribution in [2.75, 3.05) is 6.54 Å². The van der Waals surface area contributed by atoms with Crippen molar-refractivity contribution >= 4 is 18.4 Å². The minimum Gasteiger partial charge on any atom is -0.481 e. The second kappa shape index (κ2) is 5.52. The maximum Gasteiger partial charge on any atom is 0.304 e. The summed E-state index contributed by atoms with van der Waals surface area (Å²) in [4.78, 5) is 11.0. The number of hydrogen-bond acceptors (Lipinski definition) is 2. The molecule has 17 heavy (non-hydrogen) atoms. The Morgan fingerprint density at radius 1 is 1.41 bits per heavy atom. The molecule has 1 unspecified atom stereocenters. The van der Waals surface area contributed by atoms with Crippen molar-refractivity contribution in [2.45, 2.75) is 31.1 Å². The topological polar surface area (TPSA) is 63.3 Å². The molecular formula is C13H18ClNO2. The van der Waals surface area contributed by atoms with Gasteiger partial charge in [-0.15, -0.1) is 12.4 Å². The molecule has 0 saturated carbocycles. The maximum absolute atomic E-state index is 11.0. The molecule has 1 aliphatic rings. The monoisotopic (exact) mass is 255 g/mol. The Kier molecular flexibility index (Phi) is 4.54. The number of nitrogens with two attached hydrogens (primary N) is 1. The number of hydrogen-bond donors (Lipinski definition) is 2. The summed E-state index contributed by atoms with van der Waals surface area (Å²) in [6.45, 7) is 0.413. The van der Waals surface area contributed by atoms with E-state index in [4.69, 9.17) is 10.8 Å². The summed E-state index contributed by atoms with van der Waals surface area (Å²) in [6, 6.07) is 8.09. The van der Waals surface area contributed by atoms with Gasteiger partial charge in [-0.25, -0.2) is 0 Å². The number of carbonyl (C=O) groups is 1. The Morgan fingerprint density at radius 3 is 2.76 bits per heavy atom. The minimum atomic E-state index is -0.762. The molecule has 4 heteroatoms. The lowest BCUT2D eigenvalue weighted by molar-refractivity contribution is -0.138. The molecule has 0 saturated heterocycles. The van der Waals surface area contributed by atoms with Crippen molar-refractivity contribution in [3.05, 3.63) is 35.4 Å². The molecule has 0 aromatic heterocycles. The number of rotatable bonds is 3. The van der Waals surface area contributed by atoms with Gasteiger partial charge in [0.15, 0.2) is 0 Å². The molecule has 0 aliphatic heterocycles. The van der Waals surface area contributed by atoms with Crippen molar-refractivity contribution in [3.8, 4) is 0 Å². The molecule has 2 rings (SSSR count). The highest BCUT2D eigenvalue weighted by molar-refractivity contribution is 5.85. The van der Waals surface area contributed by atoms with E-state index in [0.717, 1.165) is 24.8 Å². The Hall–Kier alpha value is -1.06. The summed E-state index contributed by atoms with van der Waals surface area (Å²) in [7, 11) is 0. The van der Waals surface area contributed by atoms with Crippen LogP contribution in [-0.2, 0) is 16.6 Å². The first-order valence-corrected chi connectivity index (χ1v) is 5.68. The molecule has 0 bridgehead atoms. The molecule has 0 amide bonds. The highest BCUT2D eigenvalue weighted by atomic mass is 35.5. The minimum absolute atomic E-state index is 0. The SMILES string of the molecule is Cl.NCC1(CC(=O)O)CCCc2ccccc21. The second-order valence-corrected chi connectivity index (χ2v) is 4.57. The normalized spacial score (nSPS) is 22.4. The smallest absolute Gasteiger partial charge is 0.304 e. The third kappa shape index (κ3) is 2.61. The van der Waals surface area contributed by atoms with Crippen molar-refractivity contribution in [2.24, 2.45) is 5.73 Å². The first-order chi connectivity index (χ1) is 7.68. The Bertz CT molecular complexity index is 408. The van der Waals surface area contributed by atoms with Crippen molar-refractivity contribution < 1.29 is 9.90 Å². The Balaban J connectivity index is 0.00000144. The summed E-state index contributed by atoms with van der Waals surface area (Å²) >= 11 is 0. The Morgan fingerprint density at radius 2 is 2.12 bits per heavy atom. The van der Waals surface area contributed by atoms with E-state index in [1.54, 1.807) is 0 Å². The van der Waals surface area contributed by atoms with Gasteiger partial charge in [0.1, 0.15) is 0 Å². The van der Waals surface area contributed by atoms with E-state index in [1.807, 2.05) is 18.2 Å². The van der Waals surface area contributed by atoms with E-state index in [2.05, 4.69) is 6.07 Å². The largest absolute Gasteiger partial charge is 0.481 e. The first kappa shape index (κ1) is 14.0. The van der Waals surface area contributed by atoms with Crippen molar-refractivity contribution in [1.29, 1.82) is 0 Å². The summed E-state index contributed by atoms with van der Waals surface area (Å²) in [5, 5.41) is 9.03. The molecule has 3 nitrogen and oxygen atoms in total. The molecule has 0 fully saturated rings. The average Bonchev–Trinajstić information content (AvgIpc) is 2.29. The van der Waals surface area contributed by atoms with Crippen LogP contribution < -0.4 is 5.73 Å². The van der Waals surface area contributed by atoms with E-state index >= 15 is 0 Å². The summed E-state index contributed by atoms with van der Waals surface area (Å²) < 4.78 is 0. The van der Waals surface area contributed by atoms with Crippen LogP contribution in [0.25, 0.3) is 0 Å². The van der Waals surface area contributed by atoms with E-state index in [1.165, 1.54) is 5.56 Å². The number of halogens is 1. The lowest BCUT2D eigenvalue weighted by Crippen LogP contribution is -2.40. The lowest BCUT2D eigenvalue weighted by Gasteiger charge is -2.37. The highest BCUT2D eigenvalue weighted by Gasteiger charge is 2.37. The van der Waals surface area contributed by atoms with Gasteiger partial charge in [0.25, 0.3) is 0 Å². The standard InChI is InChI=1S/C13H17NO2.ClH/c14-9-13(8-12(15)16)7-3-5-10-4-1-2-6-11(10)13;/h1-2,4,6H,3,5,7-9,14H2,(H,15,16);1H. The summed E-state index contributed by atoms with van der Waals surface area (Å²) in [5.74, 6) is -0.762. The molecule has 94 valence electrons. The molecule has 0 heterocycles. The van der Waals surface area contributed by atoms with Crippen LogP contribution in [-0.4, -0.2) is 17.6 Å².